The Morgan fingerprint density at radius 1 is 1.46 bits per heavy atom. The summed E-state index contributed by atoms with van der Waals surface area (Å²) in [5.74, 6) is 1.35. The van der Waals surface area contributed by atoms with Crippen LogP contribution in [0.3, 0.4) is 0 Å². The van der Waals surface area contributed by atoms with Crippen LogP contribution in [0.1, 0.15) is 49.7 Å². The number of hydrogen-bond acceptors (Lipinski definition) is 4. The second-order valence-electron chi connectivity index (χ2n) is 6.48. The first kappa shape index (κ1) is 23.6. The molecule has 1 saturated heterocycles. The Morgan fingerprint density at radius 3 is 2.88 bits per heavy atom. The van der Waals surface area contributed by atoms with Gasteiger partial charge in [0, 0.05) is 24.0 Å². The van der Waals surface area contributed by atoms with Crippen molar-refractivity contribution < 1.29 is 4.79 Å². The molecule has 2 unspecified atom stereocenters. The number of thiazole rings is 1. The van der Waals surface area contributed by atoms with Crippen LogP contribution in [0.2, 0.25) is 0 Å². The maximum absolute atomic E-state index is 12.0. The van der Waals surface area contributed by atoms with Crippen molar-refractivity contribution in [3.05, 3.63) is 16.1 Å². The van der Waals surface area contributed by atoms with E-state index in [2.05, 4.69) is 27.9 Å². The number of carbonyl (C=O) groups is 1. The first-order chi connectivity index (χ1) is 10.6. The molecule has 1 aliphatic heterocycles. The van der Waals surface area contributed by atoms with Gasteiger partial charge in [0.1, 0.15) is 0 Å². The van der Waals surface area contributed by atoms with Gasteiger partial charge in [0.15, 0.2) is 0 Å². The van der Waals surface area contributed by atoms with Gasteiger partial charge in [-0.2, -0.15) is 0 Å². The number of carbonyl (C=O) groups excluding carboxylic acids is 1. The van der Waals surface area contributed by atoms with Gasteiger partial charge in [-0.25, -0.2) is 4.98 Å². The highest BCUT2D eigenvalue weighted by Crippen LogP contribution is 2.22. The molecule has 1 amide bonds. The minimum Gasteiger partial charge on any atom is -0.356 e. The van der Waals surface area contributed by atoms with Crippen LogP contribution >= 0.6 is 36.2 Å². The van der Waals surface area contributed by atoms with E-state index in [4.69, 9.17) is 0 Å². The first-order valence-corrected chi connectivity index (χ1v) is 9.41. The van der Waals surface area contributed by atoms with E-state index >= 15 is 0 Å². The number of unbranched alkanes of at least 4 members (excludes halogenated alkanes) is 1. The predicted molar refractivity (Wildman–Crippen MR) is 107 cm³/mol. The van der Waals surface area contributed by atoms with Crippen molar-refractivity contribution in [1.82, 2.24) is 15.6 Å². The van der Waals surface area contributed by atoms with E-state index < -0.39 is 0 Å². The van der Waals surface area contributed by atoms with Crippen molar-refractivity contribution in [3.63, 3.8) is 0 Å². The van der Waals surface area contributed by atoms with Gasteiger partial charge >= 0.3 is 0 Å². The Morgan fingerprint density at radius 2 is 2.25 bits per heavy atom. The van der Waals surface area contributed by atoms with Crippen molar-refractivity contribution in [2.24, 2.45) is 11.8 Å². The van der Waals surface area contributed by atoms with Crippen LogP contribution in [-0.4, -0.2) is 30.5 Å². The number of aryl methyl sites for hydroxylation is 2. The van der Waals surface area contributed by atoms with Gasteiger partial charge in [0.05, 0.1) is 5.01 Å². The molecule has 4 nitrogen and oxygen atoms in total. The Balaban J connectivity index is 0.00000264. The molecule has 2 rings (SSSR count). The maximum atomic E-state index is 12.0. The summed E-state index contributed by atoms with van der Waals surface area (Å²) in [6.45, 7) is 7.24. The summed E-state index contributed by atoms with van der Waals surface area (Å²) in [5, 5.41) is 9.80. The highest BCUT2D eigenvalue weighted by atomic mass is 35.5. The van der Waals surface area contributed by atoms with Gasteiger partial charge < -0.3 is 10.6 Å². The molecule has 1 aromatic rings. The van der Waals surface area contributed by atoms with Crippen LogP contribution in [-0.2, 0) is 11.2 Å². The largest absolute Gasteiger partial charge is 0.356 e. The van der Waals surface area contributed by atoms with Crippen molar-refractivity contribution in [2.45, 2.75) is 52.4 Å². The molecule has 7 heteroatoms. The molecule has 0 aromatic carbocycles. The van der Waals surface area contributed by atoms with E-state index in [1.165, 1.54) is 17.8 Å². The molecule has 1 fully saturated rings. The van der Waals surface area contributed by atoms with E-state index in [-0.39, 0.29) is 30.7 Å². The van der Waals surface area contributed by atoms with Gasteiger partial charge in [-0.1, -0.05) is 6.92 Å². The molecule has 0 spiro atoms. The second kappa shape index (κ2) is 12.9. The van der Waals surface area contributed by atoms with Crippen LogP contribution in [0.5, 0.6) is 0 Å². The van der Waals surface area contributed by atoms with Crippen LogP contribution in [0.25, 0.3) is 0 Å². The van der Waals surface area contributed by atoms with E-state index in [1.807, 2.05) is 6.92 Å². The number of nitrogens with one attached hydrogen (secondary N) is 2. The van der Waals surface area contributed by atoms with Gasteiger partial charge in [-0.3, -0.25) is 4.79 Å². The molecule has 0 saturated carbocycles. The maximum Gasteiger partial charge on any atom is 0.220 e. The number of hydrogen-bond donors (Lipinski definition) is 2. The zero-order chi connectivity index (χ0) is 15.8. The van der Waals surface area contributed by atoms with Gasteiger partial charge in [0.2, 0.25) is 5.91 Å². The smallest absolute Gasteiger partial charge is 0.220 e. The summed E-state index contributed by atoms with van der Waals surface area (Å²) in [5.41, 5.74) is 1.11. The predicted octanol–water partition coefficient (Wildman–Crippen LogP) is 3.76. The van der Waals surface area contributed by atoms with E-state index in [9.17, 15) is 4.79 Å². The second-order valence-corrected chi connectivity index (χ2v) is 7.42. The zero-order valence-corrected chi connectivity index (χ0v) is 17.1. The number of rotatable bonds is 8. The molecule has 1 aliphatic rings. The highest BCUT2D eigenvalue weighted by Gasteiger charge is 2.21. The standard InChI is InChI=1S/C17H29N3OS.2ClH/c1-13(15-6-5-8-18-11-15)10-16(21)19-9-4-3-7-17-20-14(2)12-22-17;;/h12-13,15,18H,3-11H2,1-2H3,(H,19,21);2*1H. The van der Waals surface area contributed by atoms with Crippen molar-refractivity contribution in [3.8, 4) is 0 Å². The Kier molecular flexibility index (Phi) is 12.7. The number of amides is 1. The van der Waals surface area contributed by atoms with Gasteiger partial charge in [-0.05, 0) is 64.0 Å². The average molecular weight is 396 g/mol. The fourth-order valence-electron chi connectivity index (χ4n) is 3.04. The molecule has 2 heterocycles. The molecular weight excluding hydrogens is 365 g/mol. The van der Waals surface area contributed by atoms with E-state index in [0.29, 0.717) is 18.3 Å². The topological polar surface area (TPSA) is 54.0 Å². The third-order valence-corrected chi connectivity index (χ3v) is 5.48. The summed E-state index contributed by atoms with van der Waals surface area (Å²) < 4.78 is 0. The number of halogens is 2. The number of aromatic nitrogens is 1. The van der Waals surface area contributed by atoms with Gasteiger partial charge in [0.25, 0.3) is 0 Å². The lowest BCUT2D eigenvalue weighted by molar-refractivity contribution is -0.122. The monoisotopic (exact) mass is 395 g/mol. The zero-order valence-electron chi connectivity index (χ0n) is 14.7. The molecule has 140 valence electrons. The first-order valence-electron chi connectivity index (χ1n) is 8.53. The van der Waals surface area contributed by atoms with Crippen molar-refractivity contribution in [2.75, 3.05) is 19.6 Å². The summed E-state index contributed by atoms with van der Waals surface area (Å²) >= 11 is 1.73. The van der Waals surface area contributed by atoms with Crippen LogP contribution in [0, 0.1) is 18.8 Å². The fourth-order valence-corrected chi connectivity index (χ4v) is 3.86. The van der Waals surface area contributed by atoms with Crippen molar-refractivity contribution in [1.29, 1.82) is 0 Å². The molecule has 0 bridgehead atoms. The molecular formula is C17H31Cl2N3OS. The molecule has 0 radical (unpaired) electrons. The lowest BCUT2D eigenvalue weighted by Gasteiger charge is -2.28. The molecule has 0 aliphatic carbocycles. The summed E-state index contributed by atoms with van der Waals surface area (Å²) in [6.07, 6.45) is 6.32. The summed E-state index contributed by atoms with van der Waals surface area (Å²) in [4.78, 5) is 16.5. The van der Waals surface area contributed by atoms with E-state index in [0.717, 1.165) is 44.6 Å². The summed E-state index contributed by atoms with van der Waals surface area (Å²) in [7, 11) is 0. The number of nitrogens with zero attached hydrogens (tertiary/aromatic N) is 1. The van der Waals surface area contributed by atoms with E-state index in [1.54, 1.807) is 11.3 Å². The third-order valence-electron chi connectivity index (χ3n) is 4.45. The molecule has 2 atom stereocenters. The molecule has 1 aromatic heterocycles. The quantitative estimate of drug-likeness (QED) is 0.658. The number of piperidine rings is 1. The minimum atomic E-state index is 0. The lowest BCUT2D eigenvalue weighted by Crippen LogP contribution is -2.35. The normalized spacial score (nSPS) is 18.2. The molecule has 2 N–H and O–H groups in total. The highest BCUT2D eigenvalue weighted by molar-refractivity contribution is 7.09. The fraction of sp³-hybridized carbons (Fsp3) is 0.765. The SMILES string of the molecule is Cc1csc(CCCCNC(=O)CC(C)C2CCCNC2)n1.Cl.Cl. The minimum absolute atomic E-state index is 0. The van der Waals surface area contributed by atoms with Crippen LogP contribution in [0.4, 0.5) is 0 Å². The van der Waals surface area contributed by atoms with Crippen LogP contribution in [0.15, 0.2) is 5.38 Å². The van der Waals surface area contributed by atoms with Gasteiger partial charge in [-0.15, -0.1) is 36.2 Å². The Hall–Kier alpha value is -0.360. The average Bonchev–Trinajstić information content (AvgIpc) is 2.93. The third kappa shape index (κ3) is 8.65. The van der Waals surface area contributed by atoms with Crippen molar-refractivity contribution >= 4 is 42.1 Å². The Labute approximate surface area is 162 Å². The lowest BCUT2D eigenvalue weighted by atomic mass is 9.85. The molecule has 24 heavy (non-hydrogen) atoms. The summed E-state index contributed by atoms with van der Waals surface area (Å²) in [6, 6.07) is 0. The Bertz CT molecular complexity index is 464. The van der Waals surface area contributed by atoms with Crippen LogP contribution < -0.4 is 10.6 Å².